The molecule has 0 bridgehead atoms. The van der Waals surface area contributed by atoms with Crippen LogP contribution in [-0.2, 0) is 6.54 Å². The minimum Gasteiger partial charge on any atom is -0.478 e. The van der Waals surface area contributed by atoms with Crippen LogP contribution in [0.25, 0.3) is 0 Å². The molecule has 1 aromatic carbocycles. The fourth-order valence-electron chi connectivity index (χ4n) is 3.97. The van der Waals surface area contributed by atoms with Crippen molar-refractivity contribution in [1.29, 1.82) is 0 Å². The summed E-state index contributed by atoms with van der Waals surface area (Å²) in [5, 5.41) is 12.6. The normalized spacial score (nSPS) is 24.6. The van der Waals surface area contributed by atoms with Gasteiger partial charge in [-0.05, 0) is 48.8 Å². The van der Waals surface area contributed by atoms with E-state index in [4.69, 9.17) is 5.11 Å². The summed E-state index contributed by atoms with van der Waals surface area (Å²) in [6.45, 7) is 3.36. The van der Waals surface area contributed by atoms with E-state index in [-0.39, 0.29) is 0 Å². The topological polar surface area (TPSA) is 52.6 Å². The lowest BCUT2D eigenvalue weighted by atomic mass is 9.60. The summed E-state index contributed by atoms with van der Waals surface area (Å²) in [5.41, 5.74) is 2.17. The number of carbonyl (C=O) groups is 1. The van der Waals surface area contributed by atoms with Gasteiger partial charge in [-0.25, -0.2) is 4.79 Å². The van der Waals surface area contributed by atoms with E-state index in [9.17, 15) is 4.79 Å². The number of carboxylic acids is 1. The van der Waals surface area contributed by atoms with Crippen LogP contribution in [0, 0.1) is 5.41 Å². The van der Waals surface area contributed by atoms with Gasteiger partial charge >= 0.3 is 5.97 Å². The standard InChI is InChI=1S/C17H22N2O2/c20-16(21)13-3-1-12(2-4-13)9-19-10-17(11-19)7-15(8-17)18-14-5-6-14/h1-4,14-15,18H,5-11H2,(H,20,21). The van der Waals surface area contributed by atoms with Crippen LogP contribution >= 0.6 is 0 Å². The van der Waals surface area contributed by atoms with Crippen molar-refractivity contribution in [3.05, 3.63) is 35.4 Å². The second-order valence-electron chi connectivity index (χ2n) is 7.19. The molecule has 1 heterocycles. The van der Waals surface area contributed by atoms with E-state index in [1.165, 1.54) is 44.3 Å². The van der Waals surface area contributed by atoms with Crippen LogP contribution in [0.1, 0.15) is 41.6 Å². The van der Waals surface area contributed by atoms with Gasteiger partial charge in [-0.1, -0.05) is 12.1 Å². The Morgan fingerprint density at radius 3 is 2.43 bits per heavy atom. The van der Waals surface area contributed by atoms with Crippen molar-refractivity contribution < 1.29 is 9.90 Å². The highest BCUT2D eigenvalue weighted by Crippen LogP contribution is 2.49. The molecule has 3 aliphatic rings. The molecular weight excluding hydrogens is 264 g/mol. The Labute approximate surface area is 125 Å². The lowest BCUT2D eigenvalue weighted by Crippen LogP contribution is -2.65. The Bertz CT molecular complexity index is 536. The van der Waals surface area contributed by atoms with Gasteiger partial charge in [-0.2, -0.15) is 0 Å². The summed E-state index contributed by atoms with van der Waals surface area (Å²) in [4.78, 5) is 13.3. The van der Waals surface area contributed by atoms with E-state index in [0.717, 1.165) is 18.6 Å². The first kappa shape index (κ1) is 13.3. The summed E-state index contributed by atoms with van der Waals surface area (Å²) in [6.07, 6.45) is 5.44. The van der Waals surface area contributed by atoms with Gasteiger partial charge in [0.2, 0.25) is 0 Å². The Hall–Kier alpha value is -1.39. The molecule has 2 saturated carbocycles. The molecule has 0 atom stereocenters. The van der Waals surface area contributed by atoms with Crippen LogP contribution in [0.2, 0.25) is 0 Å². The summed E-state index contributed by atoms with van der Waals surface area (Å²) < 4.78 is 0. The third-order valence-electron chi connectivity index (χ3n) is 5.13. The van der Waals surface area contributed by atoms with Crippen LogP contribution in [0.5, 0.6) is 0 Å². The van der Waals surface area contributed by atoms with Gasteiger partial charge in [-0.15, -0.1) is 0 Å². The van der Waals surface area contributed by atoms with Crippen LogP contribution in [0.15, 0.2) is 24.3 Å². The molecule has 3 fully saturated rings. The number of hydrogen-bond acceptors (Lipinski definition) is 3. The van der Waals surface area contributed by atoms with Crippen LogP contribution in [0.3, 0.4) is 0 Å². The van der Waals surface area contributed by atoms with Crippen LogP contribution in [-0.4, -0.2) is 41.1 Å². The number of aromatic carboxylic acids is 1. The van der Waals surface area contributed by atoms with Crippen molar-refractivity contribution in [2.45, 2.75) is 44.3 Å². The maximum Gasteiger partial charge on any atom is 0.335 e. The zero-order valence-corrected chi connectivity index (χ0v) is 12.2. The highest BCUT2D eigenvalue weighted by Gasteiger charge is 2.52. The van der Waals surface area contributed by atoms with Gasteiger partial charge in [0.1, 0.15) is 0 Å². The zero-order chi connectivity index (χ0) is 14.4. The molecule has 1 saturated heterocycles. The number of rotatable bonds is 5. The minimum absolute atomic E-state index is 0.367. The first-order chi connectivity index (χ1) is 10.1. The van der Waals surface area contributed by atoms with Crippen LogP contribution < -0.4 is 5.32 Å². The van der Waals surface area contributed by atoms with E-state index < -0.39 is 5.97 Å². The Morgan fingerprint density at radius 1 is 1.19 bits per heavy atom. The van der Waals surface area contributed by atoms with E-state index in [1.54, 1.807) is 12.1 Å². The number of carboxylic acid groups (broad SMARTS) is 1. The average molecular weight is 286 g/mol. The number of hydrogen-bond donors (Lipinski definition) is 2. The van der Waals surface area contributed by atoms with Crippen molar-refractivity contribution in [2.24, 2.45) is 5.41 Å². The van der Waals surface area contributed by atoms with Crippen molar-refractivity contribution in [2.75, 3.05) is 13.1 Å². The van der Waals surface area contributed by atoms with E-state index >= 15 is 0 Å². The molecule has 4 rings (SSSR count). The molecule has 2 aliphatic carbocycles. The molecule has 112 valence electrons. The highest BCUT2D eigenvalue weighted by atomic mass is 16.4. The molecule has 0 aromatic heterocycles. The molecule has 1 aliphatic heterocycles. The van der Waals surface area contributed by atoms with E-state index in [0.29, 0.717) is 11.0 Å². The quantitative estimate of drug-likeness (QED) is 0.870. The highest BCUT2D eigenvalue weighted by molar-refractivity contribution is 5.87. The first-order valence-electron chi connectivity index (χ1n) is 7.93. The predicted octanol–water partition coefficient (Wildman–Crippen LogP) is 2.10. The number of benzene rings is 1. The first-order valence-corrected chi connectivity index (χ1v) is 7.93. The van der Waals surface area contributed by atoms with Gasteiger partial charge < -0.3 is 10.4 Å². The van der Waals surface area contributed by atoms with Crippen molar-refractivity contribution >= 4 is 5.97 Å². The van der Waals surface area contributed by atoms with Gasteiger partial charge in [0.25, 0.3) is 0 Å². The third kappa shape index (κ3) is 2.70. The summed E-state index contributed by atoms with van der Waals surface area (Å²) in [6, 6.07) is 8.88. The molecule has 4 heteroatoms. The number of nitrogens with one attached hydrogen (secondary N) is 1. The van der Waals surface area contributed by atoms with Gasteiger partial charge in [0.05, 0.1) is 5.56 Å². The SMILES string of the molecule is O=C(O)c1ccc(CN2CC3(CC(NC4CC4)C3)C2)cc1. The Kier molecular flexibility index (Phi) is 3.05. The molecular formula is C17H22N2O2. The Morgan fingerprint density at radius 2 is 1.86 bits per heavy atom. The summed E-state index contributed by atoms with van der Waals surface area (Å²) >= 11 is 0. The number of nitrogens with zero attached hydrogens (tertiary/aromatic N) is 1. The molecule has 0 radical (unpaired) electrons. The van der Waals surface area contributed by atoms with E-state index in [2.05, 4.69) is 10.2 Å². The smallest absolute Gasteiger partial charge is 0.335 e. The molecule has 1 spiro atoms. The average Bonchev–Trinajstić information content (AvgIpc) is 3.18. The molecule has 21 heavy (non-hydrogen) atoms. The maximum absolute atomic E-state index is 10.8. The second-order valence-corrected chi connectivity index (χ2v) is 7.19. The molecule has 2 N–H and O–H groups in total. The summed E-state index contributed by atoms with van der Waals surface area (Å²) in [5.74, 6) is -0.854. The monoisotopic (exact) mass is 286 g/mol. The lowest BCUT2D eigenvalue weighted by Gasteiger charge is -2.59. The molecule has 0 unspecified atom stereocenters. The van der Waals surface area contributed by atoms with E-state index in [1.807, 2.05) is 12.1 Å². The fraction of sp³-hybridized carbons (Fsp3) is 0.588. The zero-order valence-electron chi connectivity index (χ0n) is 12.2. The van der Waals surface area contributed by atoms with Crippen molar-refractivity contribution in [1.82, 2.24) is 10.2 Å². The van der Waals surface area contributed by atoms with Crippen molar-refractivity contribution in [3.63, 3.8) is 0 Å². The van der Waals surface area contributed by atoms with Gasteiger partial charge in [-0.3, -0.25) is 4.90 Å². The van der Waals surface area contributed by atoms with Crippen LogP contribution in [0.4, 0.5) is 0 Å². The predicted molar refractivity (Wildman–Crippen MR) is 80.3 cm³/mol. The Balaban J connectivity index is 1.24. The largest absolute Gasteiger partial charge is 0.478 e. The number of likely N-dealkylation sites (tertiary alicyclic amines) is 1. The molecule has 0 amide bonds. The third-order valence-corrected chi connectivity index (χ3v) is 5.13. The summed E-state index contributed by atoms with van der Waals surface area (Å²) in [7, 11) is 0. The molecule has 4 nitrogen and oxygen atoms in total. The minimum atomic E-state index is -0.854. The lowest BCUT2D eigenvalue weighted by molar-refractivity contribution is -0.0832. The second kappa shape index (κ2) is 4.82. The fourth-order valence-corrected chi connectivity index (χ4v) is 3.97. The maximum atomic E-state index is 10.8. The van der Waals surface area contributed by atoms with Gasteiger partial charge in [0, 0.05) is 31.7 Å². The molecule has 1 aromatic rings. The van der Waals surface area contributed by atoms with Gasteiger partial charge in [0.15, 0.2) is 0 Å². The van der Waals surface area contributed by atoms with Crippen molar-refractivity contribution in [3.8, 4) is 0 Å².